The summed E-state index contributed by atoms with van der Waals surface area (Å²) in [6.45, 7) is 4.27. The Hall–Kier alpha value is -0.603. The molecule has 1 rings (SSSR count). The summed E-state index contributed by atoms with van der Waals surface area (Å²) in [5, 5.41) is 1.33. The van der Waals surface area contributed by atoms with E-state index in [2.05, 4.69) is 43.8 Å². The van der Waals surface area contributed by atoms with Gasteiger partial charge in [-0.25, -0.2) is 0 Å². The maximum Gasteiger partial charge on any atom is 0.223 e. The summed E-state index contributed by atoms with van der Waals surface area (Å²) >= 11 is 0. The first-order chi connectivity index (χ1) is 5.73. The van der Waals surface area contributed by atoms with Crippen molar-refractivity contribution in [2.45, 2.75) is 13.5 Å². The van der Waals surface area contributed by atoms with Crippen molar-refractivity contribution in [2.24, 2.45) is 0 Å². The van der Waals surface area contributed by atoms with Crippen LogP contribution >= 0.6 is 0 Å². The normalized spacial score (nSPS) is 15.6. The molecule has 1 atom stereocenters. The van der Waals surface area contributed by atoms with Crippen LogP contribution in [-0.2, 0) is 4.43 Å². The van der Waals surface area contributed by atoms with Crippen molar-refractivity contribution in [1.29, 1.82) is 0 Å². The van der Waals surface area contributed by atoms with E-state index in [1.54, 1.807) is 7.11 Å². The van der Waals surface area contributed by atoms with Gasteiger partial charge in [-0.3, -0.25) is 0 Å². The lowest BCUT2D eigenvalue weighted by Crippen LogP contribution is -2.47. The first kappa shape index (κ1) is 9.48. The van der Waals surface area contributed by atoms with Crippen LogP contribution in [0.4, 0.5) is 0 Å². The minimum absolute atomic E-state index is 1.33. The zero-order chi connectivity index (χ0) is 9.03. The first-order valence-corrected chi connectivity index (χ1v) is 6.62. The van der Waals surface area contributed by atoms with Crippen LogP contribution in [0.5, 0.6) is 0 Å². The highest BCUT2D eigenvalue weighted by atomic mass is 28.4. The molecule has 0 fully saturated rings. The second-order valence-corrected chi connectivity index (χ2v) is 6.74. The fourth-order valence-corrected chi connectivity index (χ4v) is 2.83. The van der Waals surface area contributed by atoms with Crippen molar-refractivity contribution in [3.63, 3.8) is 0 Å². The molecule has 12 heavy (non-hydrogen) atoms. The molecule has 1 nitrogen and oxygen atoms in total. The summed E-state index contributed by atoms with van der Waals surface area (Å²) in [7, 11) is 0.0925. The molecule has 0 aliphatic carbocycles. The zero-order valence-electron chi connectivity index (χ0n) is 7.87. The Balaban J connectivity index is 2.95. The molecule has 65 valence electrons. The summed E-state index contributed by atoms with van der Waals surface area (Å²) in [4.78, 5) is 0. The topological polar surface area (TPSA) is 9.23 Å². The first-order valence-electron chi connectivity index (χ1n) is 4.14. The van der Waals surface area contributed by atoms with Gasteiger partial charge in [-0.15, -0.1) is 0 Å². The number of hydrogen-bond acceptors (Lipinski definition) is 1. The zero-order valence-corrected chi connectivity index (χ0v) is 8.87. The highest BCUT2D eigenvalue weighted by Crippen LogP contribution is 2.07. The smallest absolute Gasteiger partial charge is 0.223 e. The van der Waals surface area contributed by atoms with Crippen LogP contribution in [0.25, 0.3) is 0 Å². The maximum atomic E-state index is 5.56. The maximum absolute atomic E-state index is 5.56. The lowest BCUT2D eigenvalue weighted by molar-refractivity contribution is 0.417. The van der Waals surface area contributed by atoms with E-state index in [9.17, 15) is 0 Å². The Morgan fingerprint density at radius 1 is 1.25 bits per heavy atom. The van der Waals surface area contributed by atoms with Crippen LogP contribution in [0.2, 0.25) is 6.55 Å². The molecule has 0 spiro atoms. The van der Waals surface area contributed by atoms with Crippen molar-refractivity contribution in [1.82, 2.24) is 0 Å². The quantitative estimate of drug-likeness (QED) is 0.644. The number of rotatable bonds is 3. The molecule has 1 unspecified atom stereocenters. The third-order valence-corrected chi connectivity index (χ3v) is 5.75. The van der Waals surface area contributed by atoms with Crippen LogP contribution in [0.1, 0.15) is 6.92 Å². The van der Waals surface area contributed by atoms with Crippen molar-refractivity contribution >= 4 is 13.5 Å². The second-order valence-electron chi connectivity index (χ2n) is 2.97. The standard InChI is InChI=1S/C10H15OSi/c1-4-12(3,11-2)10-8-6-5-7-9-10/h4-9H,1-3H3. The average Bonchev–Trinajstić information content (AvgIpc) is 2.18. The minimum Gasteiger partial charge on any atom is -0.415 e. The molecule has 0 bridgehead atoms. The summed E-state index contributed by atoms with van der Waals surface area (Å²) in [6.07, 6.45) is 0. The van der Waals surface area contributed by atoms with E-state index in [0.29, 0.717) is 0 Å². The van der Waals surface area contributed by atoms with E-state index >= 15 is 0 Å². The molecule has 0 aliphatic rings. The van der Waals surface area contributed by atoms with Gasteiger partial charge in [-0.2, -0.15) is 0 Å². The van der Waals surface area contributed by atoms with Gasteiger partial charge in [-0.05, 0) is 17.8 Å². The van der Waals surface area contributed by atoms with Gasteiger partial charge in [0.25, 0.3) is 0 Å². The van der Waals surface area contributed by atoms with Gasteiger partial charge in [0.2, 0.25) is 8.32 Å². The van der Waals surface area contributed by atoms with Crippen molar-refractivity contribution in [3.05, 3.63) is 36.4 Å². The molecule has 0 aromatic heterocycles. The highest BCUT2D eigenvalue weighted by molar-refractivity contribution is 6.88. The van der Waals surface area contributed by atoms with E-state index in [1.165, 1.54) is 5.19 Å². The molecule has 0 saturated carbocycles. The third-order valence-electron chi connectivity index (χ3n) is 2.32. The number of hydrogen-bond donors (Lipinski definition) is 0. The fourth-order valence-electron chi connectivity index (χ4n) is 1.17. The van der Waals surface area contributed by atoms with Crippen LogP contribution in [-0.4, -0.2) is 15.4 Å². The summed E-state index contributed by atoms with van der Waals surface area (Å²) in [5.41, 5.74) is 0. The largest absolute Gasteiger partial charge is 0.415 e. The molecule has 0 aliphatic heterocycles. The molecule has 0 N–H and O–H groups in total. The Kier molecular flexibility index (Phi) is 3.06. The van der Waals surface area contributed by atoms with Crippen molar-refractivity contribution < 1.29 is 4.43 Å². The van der Waals surface area contributed by atoms with E-state index in [-0.39, 0.29) is 0 Å². The van der Waals surface area contributed by atoms with E-state index in [4.69, 9.17) is 4.43 Å². The SMILES string of the molecule is C[CH][Si](C)(OC)c1ccccc1. The monoisotopic (exact) mass is 179 g/mol. The Bertz CT molecular complexity index is 229. The molecule has 0 heterocycles. The molecule has 1 aromatic carbocycles. The van der Waals surface area contributed by atoms with Gasteiger partial charge >= 0.3 is 0 Å². The molecule has 0 saturated heterocycles. The lowest BCUT2D eigenvalue weighted by atomic mass is 10.4. The van der Waals surface area contributed by atoms with Gasteiger partial charge in [0.1, 0.15) is 0 Å². The van der Waals surface area contributed by atoms with Gasteiger partial charge in [0.05, 0.1) is 0 Å². The Morgan fingerprint density at radius 2 is 1.83 bits per heavy atom. The summed E-state index contributed by atoms with van der Waals surface area (Å²) < 4.78 is 5.56. The van der Waals surface area contributed by atoms with E-state index in [1.807, 2.05) is 6.07 Å². The summed E-state index contributed by atoms with van der Waals surface area (Å²) in [5.74, 6) is 0. The third kappa shape index (κ3) is 1.76. The van der Waals surface area contributed by atoms with Gasteiger partial charge < -0.3 is 4.43 Å². The Morgan fingerprint density at radius 3 is 2.25 bits per heavy atom. The molecule has 1 aromatic rings. The molecular formula is C10H15OSi. The van der Waals surface area contributed by atoms with E-state index < -0.39 is 8.32 Å². The fraction of sp³-hybridized carbons (Fsp3) is 0.300. The molecular weight excluding hydrogens is 164 g/mol. The predicted molar refractivity (Wildman–Crippen MR) is 54.7 cm³/mol. The van der Waals surface area contributed by atoms with E-state index in [0.717, 1.165) is 0 Å². The lowest BCUT2D eigenvalue weighted by Gasteiger charge is -2.23. The highest BCUT2D eigenvalue weighted by Gasteiger charge is 2.27. The van der Waals surface area contributed by atoms with Crippen LogP contribution in [0.15, 0.2) is 30.3 Å². The number of benzene rings is 1. The van der Waals surface area contributed by atoms with Crippen LogP contribution in [0.3, 0.4) is 0 Å². The van der Waals surface area contributed by atoms with Crippen LogP contribution in [0, 0.1) is 6.04 Å². The van der Waals surface area contributed by atoms with Crippen molar-refractivity contribution in [3.8, 4) is 0 Å². The molecule has 0 amide bonds. The summed E-state index contributed by atoms with van der Waals surface area (Å²) in [6, 6.07) is 12.6. The van der Waals surface area contributed by atoms with Gasteiger partial charge in [0, 0.05) is 7.11 Å². The average molecular weight is 179 g/mol. The molecule has 1 radical (unpaired) electrons. The minimum atomic E-state index is -1.70. The molecule has 2 heteroatoms. The van der Waals surface area contributed by atoms with Gasteiger partial charge in [0.15, 0.2) is 0 Å². The predicted octanol–water partition coefficient (Wildman–Crippen LogP) is 1.88. The Labute approximate surface area is 75.5 Å². The van der Waals surface area contributed by atoms with Crippen LogP contribution < -0.4 is 5.19 Å². The van der Waals surface area contributed by atoms with Gasteiger partial charge in [-0.1, -0.05) is 37.3 Å². The second kappa shape index (κ2) is 3.87. The van der Waals surface area contributed by atoms with Crippen molar-refractivity contribution in [2.75, 3.05) is 7.11 Å².